The van der Waals surface area contributed by atoms with Gasteiger partial charge in [-0.15, -0.1) is 0 Å². The first kappa shape index (κ1) is 19.1. The van der Waals surface area contributed by atoms with E-state index in [1.54, 1.807) is 13.8 Å². The Morgan fingerprint density at radius 1 is 1.38 bits per heavy atom. The number of nitrogens with zero attached hydrogens (tertiary/aromatic N) is 3. The van der Waals surface area contributed by atoms with E-state index < -0.39 is 24.0 Å². The van der Waals surface area contributed by atoms with Crippen LogP contribution < -0.4 is 10.9 Å². The van der Waals surface area contributed by atoms with Gasteiger partial charge in [0.1, 0.15) is 11.6 Å². The lowest BCUT2D eigenvalue weighted by Crippen LogP contribution is -2.31. The molecule has 0 atom stereocenters. The van der Waals surface area contributed by atoms with Crippen LogP contribution in [-0.4, -0.2) is 28.3 Å². The fourth-order valence-corrected chi connectivity index (χ4v) is 2.40. The van der Waals surface area contributed by atoms with E-state index in [4.69, 9.17) is 21.6 Å². The quantitative estimate of drug-likeness (QED) is 0.815. The number of benzene rings is 1. The van der Waals surface area contributed by atoms with Crippen LogP contribution in [-0.2, 0) is 16.6 Å². The first-order valence-corrected chi connectivity index (χ1v) is 7.83. The van der Waals surface area contributed by atoms with E-state index in [2.05, 4.69) is 10.4 Å². The molecule has 0 fully saturated rings. The SMILES string of the molecule is Cc1nn(C)c(=O)c(C(=O)OCC(=O)Nc2ccc(C#N)c(Cl)c2)c1C. The molecule has 134 valence electrons. The average Bonchev–Trinajstić information content (AvgIpc) is 2.58. The molecule has 0 unspecified atom stereocenters. The molecular formula is C17H15ClN4O4. The van der Waals surface area contributed by atoms with Gasteiger partial charge in [0.25, 0.3) is 11.5 Å². The Morgan fingerprint density at radius 3 is 2.69 bits per heavy atom. The Bertz CT molecular complexity index is 991. The highest BCUT2D eigenvalue weighted by molar-refractivity contribution is 6.32. The first-order chi connectivity index (χ1) is 12.2. The zero-order chi connectivity index (χ0) is 19.4. The standard InChI is InChI=1S/C17H15ClN4O4/c1-9-10(2)21-22(3)16(24)15(9)17(25)26-8-14(23)20-12-5-4-11(7-19)13(18)6-12/h4-6H,8H2,1-3H3,(H,20,23). The minimum absolute atomic E-state index is 0.158. The molecule has 0 aliphatic carbocycles. The van der Waals surface area contributed by atoms with Gasteiger partial charge in [-0.3, -0.25) is 9.59 Å². The summed E-state index contributed by atoms with van der Waals surface area (Å²) in [6.45, 7) is 2.66. The number of anilines is 1. The smallest absolute Gasteiger partial charge is 0.344 e. The van der Waals surface area contributed by atoms with Crippen molar-refractivity contribution in [2.24, 2.45) is 7.05 Å². The van der Waals surface area contributed by atoms with E-state index >= 15 is 0 Å². The highest BCUT2D eigenvalue weighted by atomic mass is 35.5. The largest absolute Gasteiger partial charge is 0.452 e. The van der Waals surface area contributed by atoms with Gasteiger partial charge in [0.2, 0.25) is 0 Å². The summed E-state index contributed by atoms with van der Waals surface area (Å²) in [5, 5.41) is 15.5. The molecule has 1 aromatic heterocycles. The molecule has 1 heterocycles. The van der Waals surface area contributed by atoms with Crippen molar-refractivity contribution in [3.63, 3.8) is 0 Å². The van der Waals surface area contributed by atoms with E-state index in [9.17, 15) is 14.4 Å². The van der Waals surface area contributed by atoms with E-state index in [0.29, 0.717) is 16.9 Å². The summed E-state index contributed by atoms with van der Waals surface area (Å²) in [6, 6.07) is 6.26. The Morgan fingerprint density at radius 2 is 2.08 bits per heavy atom. The molecule has 0 saturated carbocycles. The van der Waals surface area contributed by atoms with Crippen LogP contribution in [0.25, 0.3) is 0 Å². The highest BCUT2D eigenvalue weighted by Gasteiger charge is 2.20. The number of aromatic nitrogens is 2. The van der Waals surface area contributed by atoms with Crippen molar-refractivity contribution in [2.45, 2.75) is 13.8 Å². The number of nitrogens with one attached hydrogen (secondary N) is 1. The second-order valence-electron chi connectivity index (χ2n) is 5.44. The minimum atomic E-state index is -0.901. The van der Waals surface area contributed by atoms with Crippen LogP contribution in [0.1, 0.15) is 27.2 Å². The third-order valence-electron chi connectivity index (χ3n) is 3.64. The van der Waals surface area contributed by atoms with Crippen molar-refractivity contribution in [2.75, 3.05) is 11.9 Å². The van der Waals surface area contributed by atoms with Crippen LogP contribution in [0, 0.1) is 25.2 Å². The van der Waals surface area contributed by atoms with Crippen molar-refractivity contribution in [1.29, 1.82) is 5.26 Å². The van der Waals surface area contributed by atoms with Gasteiger partial charge in [-0.05, 0) is 37.6 Å². The van der Waals surface area contributed by atoms with Gasteiger partial charge in [0, 0.05) is 12.7 Å². The van der Waals surface area contributed by atoms with Crippen LogP contribution >= 0.6 is 11.6 Å². The summed E-state index contributed by atoms with van der Waals surface area (Å²) in [5.41, 5.74) is 0.775. The van der Waals surface area contributed by atoms with E-state index in [1.165, 1.54) is 25.2 Å². The molecule has 2 aromatic rings. The van der Waals surface area contributed by atoms with Gasteiger partial charge < -0.3 is 10.1 Å². The van der Waals surface area contributed by atoms with Crippen LogP contribution in [0.3, 0.4) is 0 Å². The number of hydrogen-bond donors (Lipinski definition) is 1. The lowest BCUT2D eigenvalue weighted by Gasteiger charge is -2.10. The zero-order valence-electron chi connectivity index (χ0n) is 14.3. The number of ether oxygens (including phenoxy) is 1. The molecule has 9 heteroatoms. The molecular weight excluding hydrogens is 360 g/mol. The predicted molar refractivity (Wildman–Crippen MR) is 94.0 cm³/mol. The Labute approximate surface area is 154 Å². The predicted octanol–water partition coefficient (Wildman–Crippen LogP) is 1.72. The highest BCUT2D eigenvalue weighted by Crippen LogP contribution is 2.20. The number of rotatable bonds is 4. The number of amides is 1. The molecule has 0 saturated heterocycles. The molecule has 1 amide bonds. The molecule has 0 aliphatic heterocycles. The molecule has 0 aliphatic rings. The molecule has 0 bridgehead atoms. The van der Waals surface area contributed by atoms with Crippen molar-refractivity contribution in [1.82, 2.24) is 9.78 Å². The molecule has 1 aromatic carbocycles. The van der Waals surface area contributed by atoms with Crippen LogP contribution in [0.4, 0.5) is 5.69 Å². The molecule has 8 nitrogen and oxygen atoms in total. The van der Waals surface area contributed by atoms with Crippen molar-refractivity contribution >= 4 is 29.2 Å². The van der Waals surface area contributed by atoms with Gasteiger partial charge in [0.05, 0.1) is 16.3 Å². The molecule has 0 spiro atoms. The van der Waals surface area contributed by atoms with Gasteiger partial charge in [0.15, 0.2) is 6.61 Å². The van der Waals surface area contributed by atoms with Gasteiger partial charge >= 0.3 is 5.97 Å². The van der Waals surface area contributed by atoms with Gasteiger partial charge in [-0.1, -0.05) is 11.6 Å². The van der Waals surface area contributed by atoms with Crippen LogP contribution in [0.15, 0.2) is 23.0 Å². The lowest BCUT2D eigenvalue weighted by molar-refractivity contribution is -0.119. The zero-order valence-corrected chi connectivity index (χ0v) is 15.0. The number of carbonyl (C=O) groups is 2. The number of halogens is 1. The van der Waals surface area contributed by atoms with E-state index in [-0.39, 0.29) is 16.1 Å². The monoisotopic (exact) mass is 374 g/mol. The number of nitriles is 1. The van der Waals surface area contributed by atoms with Gasteiger partial charge in [-0.2, -0.15) is 10.4 Å². The van der Waals surface area contributed by atoms with Crippen molar-refractivity contribution in [3.8, 4) is 6.07 Å². The van der Waals surface area contributed by atoms with Crippen LogP contribution in [0.5, 0.6) is 0 Å². The van der Waals surface area contributed by atoms with Crippen LogP contribution in [0.2, 0.25) is 5.02 Å². The third kappa shape index (κ3) is 4.07. The molecule has 2 rings (SSSR count). The molecule has 1 N–H and O–H groups in total. The lowest BCUT2D eigenvalue weighted by atomic mass is 10.1. The Hall–Kier alpha value is -3.18. The average molecular weight is 375 g/mol. The second-order valence-corrected chi connectivity index (χ2v) is 5.85. The Kier molecular flexibility index (Phi) is 5.75. The van der Waals surface area contributed by atoms with Gasteiger partial charge in [-0.25, -0.2) is 9.48 Å². The normalized spacial score (nSPS) is 10.1. The molecule has 0 radical (unpaired) electrons. The first-order valence-electron chi connectivity index (χ1n) is 7.45. The summed E-state index contributed by atoms with van der Waals surface area (Å²) >= 11 is 5.88. The van der Waals surface area contributed by atoms with E-state index in [1.807, 2.05) is 6.07 Å². The summed E-state index contributed by atoms with van der Waals surface area (Å²) in [5.74, 6) is -1.51. The fourth-order valence-electron chi connectivity index (χ4n) is 2.17. The maximum Gasteiger partial charge on any atom is 0.344 e. The molecule has 26 heavy (non-hydrogen) atoms. The number of hydrogen-bond acceptors (Lipinski definition) is 6. The number of aryl methyl sites for hydroxylation is 2. The summed E-state index contributed by atoms with van der Waals surface area (Å²) in [7, 11) is 1.42. The third-order valence-corrected chi connectivity index (χ3v) is 3.95. The summed E-state index contributed by atoms with van der Waals surface area (Å²) < 4.78 is 5.97. The minimum Gasteiger partial charge on any atom is -0.452 e. The number of esters is 1. The maximum absolute atomic E-state index is 12.2. The Balaban J connectivity index is 2.06. The number of carbonyl (C=O) groups excluding carboxylic acids is 2. The van der Waals surface area contributed by atoms with E-state index in [0.717, 1.165) is 4.68 Å². The van der Waals surface area contributed by atoms with Crippen molar-refractivity contribution in [3.05, 3.63) is 56.0 Å². The topological polar surface area (TPSA) is 114 Å². The van der Waals surface area contributed by atoms with Crippen molar-refractivity contribution < 1.29 is 14.3 Å². The summed E-state index contributed by atoms with van der Waals surface area (Å²) in [4.78, 5) is 36.2. The maximum atomic E-state index is 12.2. The summed E-state index contributed by atoms with van der Waals surface area (Å²) in [6.07, 6.45) is 0. The fraction of sp³-hybridized carbons (Fsp3) is 0.235. The second kappa shape index (κ2) is 7.80.